The molecule has 0 atom stereocenters. The Morgan fingerprint density at radius 3 is 2.23 bits per heavy atom. The van der Waals surface area contributed by atoms with E-state index in [0.29, 0.717) is 5.56 Å². The van der Waals surface area contributed by atoms with Crippen LogP contribution < -0.4 is 20.4 Å². The Kier molecular flexibility index (Phi) is 6.02. The van der Waals surface area contributed by atoms with Gasteiger partial charge in [0.05, 0.1) is 0 Å². The van der Waals surface area contributed by atoms with Crippen LogP contribution in [0, 0.1) is 6.92 Å². The summed E-state index contributed by atoms with van der Waals surface area (Å²) in [5.41, 5.74) is 4.25. The minimum Gasteiger partial charge on any atom is -0.378 e. The van der Waals surface area contributed by atoms with Crippen molar-refractivity contribution >= 4 is 34.7 Å². The van der Waals surface area contributed by atoms with E-state index in [2.05, 4.69) is 25.5 Å². The molecule has 1 amide bonds. The van der Waals surface area contributed by atoms with Crippen molar-refractivity contribution in [1.82, 2.24) is 9.97 Å². The number of hydrogen-bond donors (Lipinski definition) is 2. The highest BCUT2D eigenvalue weighted by Gasteiger charge is 2.16. The average molecular weight is 417 g/mol. The van der Waals surface area contributed by atoms with Crippen molar-refractivity contribution in [3.05, 3.63) is 65.9 Å². The molecule has 0 aliphatic carbocycles. The van der Waals surface area contributed by atoms with Crippen molar-refractivity contribution in [3.63, 3.8) is 0 Å². The van der Waals surface area contributed by atoms with Gasteiger partial charge in [-0.05, 0) is 68.3 Å². The van der Waals surface area contributed by atoms with Gasteiger partial charge in [-0.15, -0.1) is 0 Å². The number of rotatable bonds is 6. The summed E-state index contributed by atoms with van der Waals surface area (Å²) in [5.74, 6) is 1.42. The van der Waals surface area contributed by atoms with Crippen LogP contribution in [0.2, 0.25) is 0 Å². The van der Waals surface area contributed by atoms with E-state index in [1.165, 1.54) is 12.8 Å². The van der Waals surface area contributed by atoms with Crippen LogP contribution in [-0.2, 0) is 0 Å². The maximum atomic E-state index is 12.5. The van der Waals surface area contributed by atoms with Crippen molar-refractivity contribution in [2.45, 2.75) is 19.8 Å². The summed E-state index contributed by atoms with van der Waals surface area (Å²) in [7, 11) is 3.95. The summed E-state index contributed by atoms with van der Waals surface area (Å²) in [4.78, 5) is 26.0. The van der Waals surface area contributed by atoms with Gasteiger partial charge in [0.2, 0.25) is 5.95 Å². The predicted molar refractivity (Wildman–Crippen MR) is 127 cm³/mol. The number of nitrogens with zero attached hydrogens (tertiary/aromatic N) is 4. The first-order chi connectivity index (χ1) is 15.0. The first-order valence-corrected chi connectivity index (χ1v) is 10.5. The second-order valence-electron chi connectivity index (χ2n) is 7.99. The molecule has 1 aliphatic rings. The number of carbonyl (C=O) groups excluding carboxylic acids is 1. The normalized spacial score (nSPS) is 13.2. The summed E-state index contributed by atoms with van der Waals surface area (Å²) in [6.07, 6.45) is 2.38. The standard InChI is InChI=1S/C24H28N6O/c1-17-16-22(28-24(25-17)30-14-4-5-15-30)26-19-8-10-20(11-9-19)27-23(31)18-6-12-21(13-7-18)29(2)3/h6-13,16H,4-5,14-15H2,1-3H3,(H,27,31)(H,25,26,28). The Labute approximate surface area is 183 Å². The zero-order valence-corrected chi connectivity index (χ0v) is 18.2. The molecule has 0 unspecified atom stereocenters. The molecule has 7 nitrogen and oxygen atoms in total. The molecule has 2 N–H and O–H groups in total. The maximum absolute atomic E-state index is 12.5. The summed E-state index contributed by atoms with van der Waals surface area (Å²) >= 11 is 0. The third-order valence-corrected chi connectivity index (χ3v) is 5.29. The van der Waals surface area contributed by atoms with E-state index >= 15 is 0 Å². The predicted octanol–water partition coefficient (Wildman–Crippen LogP) is 4.45. The third-order valence-electron chi connectivity index (χ3n) is 5.29. The Morgan fingerprint density at radius 1 is 0.935 bits per heavy atom. The minimum absolute atomic E-state index is 0.132. The fourth-order valence-electron chi connectivity index (χ4n) is 3.57. The number of aryl methyl sites for hydroxylation is 1. The fourth-order valence-corrected chi connectivity index (χ4v) is 3.57. The molecule has 0 radical (unpaired) electrons. The molecule has 2 heterocycles. The molecule has 31 heavy (non-hydrogen) atoms. The molecule has 1 aliphatic heterocycles. The van der Waals surface area contributed by atoms with E-state index < -0.39 is 0 Å². The van der Waals surface area contributed by atoms with Crippen LogP contribution in [0.3, 0.4) is 0 Å². The van der Waals surface area contributed by atoms with Crippen molar-refractivity contribution < 1.29 is 4.79 Å². The number of amides is 1. The van der Waals surface area contributed by atoms with E-state index in [1.807, 2.05) is 80.5 Å². The molecular formula is C24H28N6O. The molecule has 160 valence electrons. The van der Waals surface area contributed by atoms with Crippen LogP contribution in [0.25, 0.3) is 0 Å². The van der Waals surface area contributed by atoms with Crippen molar-refractivity contribution in [2.75, 3.05) is 47.6 Å². The monoisotopic (exact) mass is 416 g/mol. The quantitative estimate of drug-likeness (QED) is 0.619. The number of anilines is 5. The Balaban J connectivity index is 1.41. The fraction of sp³-hybridized carbons (Fsp3) is 0.292. The van der Waals surface area contributed by atoms with Gasteiger partial charge in [0, 0.05) is 61.6 Å². The van der Waals surface area contributed by atoms with Crippen molar-refractivity contribution in [2.24, 2.45) is 0 Å². The lowest BCUT2D eigenvalue weighted by Gasteiger charge is -2.17. The van der Waals surface area contributed by atoms with E-state index in [9.17, 15) is 4.79 Å². The smallest absolute Gasteiger partial charge is 0.255 e. The molecule has 4 rings (SSSR count). The molecule has 1 saturated heterocycles. The highest BCUT2D eigenvalue weighted by molar-refractivity contribution is 6.04. The molecule has 0 spiro atoms. The van der Waals surface area contributed by atoms with Crippen LogP contribution in [-0.4, -0.2) is 43.1 Å². The van der Waals surface area contributed by atoms with Crippen LogP contribution in [0.5, 0.6) is 0 Å². The number of nitrogens with one attached hydrogen (secondary N) is 2. The Hall–Kier alpha value is -3.61. The minimum atomic E-state index is -0.132. The van der Waals surface area contributed by atoms with Gasteiger partial charge in [0.15, 0.2) is 0 Å². The van der Waals surface area contributed by atoms with Gasteiger partial charge in [-0.1, -0.05) is 0 Å². The number of hydrogen-bond acceptors (Lipinski definition) is 6. The maximum Gasteiger partial charge on any atom is 0.255 e. The topological polar surface area (TPSA) is 73.4 Å². The summed E-state index contributed by atoms with van der Waals surface area (Å²) < 4.78 is 0. The Morgan fingerprint density at radius 2 is 1.58 bits per heavy atom. The number of aromatic nitrogens is 2. The lowest BCUT2D eigenvalue weighted by molar-refractivity contribution is 0.102. The second-order valence-corrected chi connectivity index (χ2v) is 7.99. The molecule has 3 aromatic rings. The zero-order chi connectivity index (χ0) is 21.8. The lowest BCUT2D eigenvalue weighted by Crippen LogP contribution is -2.21. The largest absolute Gasteiger partial charge is 0.378 e. The van der Waals surface area contributed by atoms with Crippen molar-refractivity contribution in [3.8, 4) is 0 Å². The van der Waals surface area contributed by atoms with Gasteiger partial charge in [0.1, 0.15) is 5.82 Å². The first-order valence-electron chi connectivity index (χ1n) is 10.5. The highest BCUT2D eigenvalue weighted by Crippen LogP contribution is 2.22. The van der Waals surface area contributed by atoms with Gasteiger partial charge in [-0.3, -0.25) is 4.79 Å². The summed E-state index contributed by atoms with van der Waals surface area (Å²) in [5, 5.41) is 6.28. The summed E-state index contributed by atoms with van der Waals surface area (Å²) in [6, 6.07) is 17.1. The molecule has 1 aromatic heterocycles. The van der Waals surface area contributed by atoms with Crippen LogP contribution in [0.4, 0.5) is 28.8 Å². The van der Waals surface area contributed by atoms with Gasteiger partial charge in [-0.2, -0.15) is 4.98 Å². The van der Waals surface area contributed by atoms with Gasteiger partial charge < -0.3 is 20.4 Å². The first kappa shape index (κ1) is 20.7. The van der Waals surface area contributed by atoms with E-state index in [0.717, 1.165) is 47.6 Å². The SMILES string of the molecule is Cc1cc(Nc2ccc(NC(=O)c3ccc(N(C)C)cc3)cc2)nc(N2CCCC2)n1. The van der Waals surface area contributed by atoms with Crippen LogP contribution >= 0.6 is 0 Å². The third kappa shape index (κ3) is 5.12. The second kappa shape index (κ2) is 9.04. The molecule has 7 heteroatoms. The summed E-state index contributed by atoms with van der Waals surface area (Å²) in [6.45, 7) is 4.00. The van der Waals surface area contributed by atoms with Crippen molar-refractivity contribution in [1.29, 1.82) is 0 Å². The van der Waals surface area contributed by atoms with E-state index in [4.69, 9.17) is 0 Å². The highest BCUT2D eigenvalue weighted by atomic mass is 16.1. The van der Waals surface area contributed by atoms with Crippen LogP contribution in [0.1, 0.15) is 28.9 Å². The van der Waals surface area contributed by atoms with Gasteiger partial charge in [-0.25, -0.2) is 4.98 Å². The molecular weight excluding hydrogens is 388 g/mol. The molecule has 0 saturated carbocycles. The van der Waals surface area contributed by atoms with Gasteiger partial charge in [0.25, 0.3) is 5.91 Å². The number of benzene rings is 2. The molecule has 1 fully saturated rings. The van der Waals surface area contributed by atoms with E-state index in [1.54, 1.807) is 0 Å². The van der Waals surface area contributed by atoms with Gasteiger partial charge >= 0.3 is 0 Å². The van der Waals surface area contributed by atoms with E-state index in [-0.39, 0.29) is 5.91 Å². The Bertz CT molecular complexity index is 1040. The lowest BCUT2D eigenvalue weighted by atomic mass is 10.2. The average Bonchev–Trinajstić information content (AvgIpc) is 3.30. The zero-order valence-electron chi connectivity index (χ0n) is 18.2. The molecule has 0 bridgehead atoms. The van der Waals surface area contributed by atoms with Crippen LogP contribution in [0.15, 0.2) is 54.6 Å². The number of carbonyl (C=O) groups is 1. The molecule has 2 aromatic carbocycles.